The van der Waals surface area contributed by atoms with Gasteiger partial charge in [0.2, 0.25) is 15.9 Å². The Morgan fingerprint density at radius 2 is 1.55 bits per heavy atom. The molecular weight excluding hydrogens is 478 g/mol. The van der Waals surface area contributed by atoms with E-state index in [2.05, 4.69) is 5.32 Å². The molecular formula is C19H18Cl4N2O3S. The average molecular weight is 496 g/mol. The smallest absolute Gasteiger partial charge is 0.228 e. The van der Waals surface area contributed by atoms with E-state index >= 15 is 0 Å². The lowest BCUT2D eigenvalue weighted by atomic mass is 9.98. The summed E-state index contributed by atoms with van der Waals surface area (Å²) < 4.78 is 27.2. The third-order valence-electron chi connectivity index (χ3n) is 4.75. The molecule has 2 aromatic carbocycles. The number of carbonyl (C=O) groups is 1. The first-order valence-corrected chi connectivity index (χ1v) is 12.0. The van der Waals surface area contributed by atoms with Crippen LogP contribution in [0.25, 0.3) is 0 Å². The molecule has 0 saturated carbocycles. The number of hydrogen-bond acceptors (Lipinski definition) is 3. The predicted molar refractivity (Wildman–Crippen MR) is 118 cm³/mol. The van der Waals surface area contributed by atoms with Crippen LogP contribution in [0.15, 0.2) is 36.4 Å². The zero-order valence-corrected chi connectivity index (χ0v) is 19.0. The van der Waals surface area contributed by atoms with Crippen molar-refractivity contribution in [1.29, 1.82) is 0 Å². The van der Waals surface area contributed by atoms with Crippen molar-refractivity contribution >= 4 is 68.0 Å². The molecule has 1 aliphatic heterocycles. The number of amides is 1. The number of benzene rings is 2. The van der Waals surface area contributed by atoms with Gasteiger partial charge in [0.15, 0.2) is 0 Å². The summed E-state index contributed by atoms with van der Waals surface area (Å²) in [7, 11) is -3.70. The number of anilines is 1. The highest BCUT2D eigenvalue weighted by molar-refractivity contribution is 7.88. The number of halogens is 4. The Balaban J connectivity index is 1.73. The fraction of sp³-hybridized carbons (Fsp3) is 0.316. The third-order valence-corrected chi connectivity index (χ3v) is 7.86. The molecule has 1 amide bonds. The van der Waals surface area contributed by atoms with Crippen LogP contribution in [0.5, 0.6) is 0 Å². The monoisotopic (exact) mass is 494 g/mol. The molecule has 29 heavy (non-hydrogen) atoms. The van der Waals surface area contributed by atoms with Crippen molar-refractivity contribution in [2.24, 2.45) is 5.92 Å². The number of sulfonamides is 1. The van der Waals surface area contributed by atoms with Gasteiger partial charge in [0, 0.05) is 28.7 Å². The highest BCUT2D eigenvalue weighted by Crippen LogP contribution is 2.32. The molecule has 0 aromatic heterocycles. The van der Waals surface area contributed by atoms with Gasteiger partial charge in [-0.3, -0.25) is 4.79 Å². The van der Waals surface area contributed by atoms with Crippen LogP contribution in [0, 0.1) is 5.92 Å². The molecule has 0 spiro atoms. The molecule has 5 nitrogen and oxygen atoms in total. The van der Waals surface area contributed by atoms with Crippen LogP contribution in [-0.4, -0.2) is 31.7 Å². The zero-order valence-electron chi connectivity index (χ0n) is 15.2. The highest BCUT2D eigenvalue weighted by atomic mass is 35.5. The van der Waals surface area contributed by atoms with Gasteiger partial charge in [-0.2, -0.15) is 0 Å². The maximum Gasteiger partial charge on any atom is 0.228 e. The number of para-hydroxylation sites is 1. The Morgan fingerprint density at radius 1 is 1.00 bits per heavy atom. The van der Waals surface area contributed by atoms with Gasteiger partial charge in [-0.25, -0.2) is 12.7 Å². The minimum atomic E-state index is -3.70. The molecule has 0 radical (unpaired) electrons. The van der Waals surface area contributed by atoms with Gasteiger partial charge in [0.1, 0.15) is 0 Å². The Hall–Kier alpha value is -1.02. The van der Waals surface area contributed by atoms with Crippen LogP contribution in [0.4, 0.5) is 5.69 Å². The van der Waals surface area contributed by atoms with Gasteiger partial charge in [0.05, 0.1) is 27.4 Å². The lowest BCUT2D eigenvalue weighted by Crippen LogP contribution is -2.44. The third kappa shape index (κ3) is 5.37. The van der Waals surface area contributed by atoms with Crippen molar-refractivity contribution in [2.45, 2.75) is 18.6 Å². The molecule has 0 aliphatic carbocycles. The zero-order chi connectivity index (χ0) is 21.2. The Morgan fingerprint density at radius 3 is 2.14 bits per heavy atom. The summed E-state index contributed by atoms with van der Waals surface area (Å²) in [6.07, 6.45) is 1.12. The molecule has 10 heteroatoms. The molecule has 1 atom stereocenters. The van der Waals surface area contributed by atoms with Crippen LogP contribution in [0.3, 0.4) is 0 Å². The first-order chi connectivity index (χ1) is 13.7. The number of rotatable bonds is 5. The van der Waals surface area contributed by atoms with Crippen LogP contribution >= 0.6 is 46.4 Å². The van der Waals surface area contributed by atoms with E-state index in [-0.39, 0.29) is 18.2 Å². The fourth-order valence-corrected chi connectivity index (χ4v) is 6.05. The summed E-state index contributed by atoms with van der Waals surface area (Å²) >= 11 is 24.4. The van der Waals surface area contributed by atoms with E-state index in [0.29, 0.717) is 50.7 Å². The quantitative estimate of drug-likeness (QED) is 0.597. The van der Waals surface area contributed by atoms with Gasteiger partial charge in [0.25, 0.3) is 0 Å². The summed E-state index contributed by atoms with van der Waals surface area (Å²) in [5.74, 6) is -1.17. The molecule has 1 aliphatic rings. The van der Waals surface area contributed by atoms with E-state index < -0.39 is 15.9 Å². The summed E-state index contributed by atoms with van der Waals surface area (Å²) in [5, 5.41) is 3.94. The summed E-state index contributed by atoms with van der Waals surface area (Å²) in [5.41, 5.74) is 0.675. The minimum Gasteiger partial charge on any atom is -0.323 e. The molecule has 1 N–H and O–H groups in total. The Labute approximate surface area is 189 Å². The van der Waals surface area contributed by atoms with Crippen LogP contribution in [-0.2, 0) is 20.6 Å². The summed E-state index contributed by atoms with van der Waals surface area (Å²) in [6.45, 7) is 0.402. The first kappa shape index (κ1) is 22.7. The van der Waals surface area contributed by atoms with E-state index in [0.717, 1.165) is 0 Å². The predicted octanol–water partition coefficient (Wildman–Crippen LogP) is 5.48. The number of hydrogen-bond donors (Lipinski definition) is 1. The van der Waals surface area contributed by atoms with Crippen LogP contribution in [0.2, 0.25) is 20.1 Å². The van der Waals surface area contributed by atoms with Gasteiger partial charge in [-0.05, 0) is 37.1 Å². The van der Waals surface area contributed by atoms with E-state index in [4.69, 9.17) is 46.4 Å². The summed E-state index contributed by atoms with van der Waals surface area (Å²) in [4.78, 5) is 12.7. The minimum absolute atomic E-state index is 0.0678. The molecule has 1 heterocycles. The highest BCUT2D eigenvalue weighted by Gasteiger charge is 2.33. The number of nitrogens with zero attached hydrogens (tertiary/aromatic N) is 1. The number of carbonyl (C=O) groups excluding carboxylic acids is 1. The molecule has 1 fully saturated rings. The van der Waals surface area contributed by atoms with Crippen LogP contribution < -0.4 is 5.32 Å². The van der Waals surface area contributed by atoms with Crippen molar-refractivity contribution < 1.29 is 13.2 Å². The van der Waals surface area contributed by atoms with Gasteiger partial charge in [-0.15, -0.1) is 0 Å². The normalized spacial score (nSPS) is 17.9. The molecule has 0 bridgehead atoms. The lowest BCUT2D eigenvalue weighted by molar-refractivity contribution is -0.120. The second-order valence-corrected chi connectivity index (χ2v) is 10.3. The van der Waals surface area contributed by atoms with Gasteiger partial charge in [-0.1, -0.05) is 58.5 Å². The lowest BCUT2D eigenvalue weighted by Gasteiger charge is -2.31. The summed E-state index contributed by atoms with van der Waals surface area (Å²) in [6, 6.07) is 9.76. The second-order valence-electron chi connectivity index (χ2n) is 6.74. The Bertz CT molecular complexity index is 990. The Kier molecular flexibility index (Phi) is 7.36. The first-order valence-electron chi connectivity index (χ1n) is 8.84. The average Bonchev–Trinajstić information content (AvgIpc) is 2.68. The largest absolute Gasteiger partial charge is 0.323 e. The molecule has 1 saturated heterocycles. The standard InChI is InChI=1S/C19H18Cl4N2O3S/c20-14-5-1-6-15(21)13(14)11-29(27,28)25-9-3-4-12(10-25)19(26)24-18-16(22)7-2-8-17(18)23/h1-2,5-8,12H,3-4,9-11H2,(H,24,26)/t12-/m1/s1. The van der Waals surface area contributed by atoms with Crippen molar-refractivity contribution in [3.63, 3.8) is 0 Å². The van der Waals surface area contributed by atoms with Crippen molar-refractivity contribution in [1.82, 2.24) is 4.31 Å². The van der Waals surface area contributed by atoms with E-state index in [9.17, 15) is 13.2 Å². The number of piperidine rings is 1. The van der Waals surface area contributed by atoms with Gasteiger partial charge < -0.3 is 5.32 Å². The number of nitrogens with one attached hydrogen (secondary N) is 1. The second kappa shape index (κ2) is 9.41. The van der Waals surface area contributed by atoms with Crippen molar-refractivity contribution in [3.05, 3.63) is 62.1 Å². The fourth-order valence-electron chi connectivity index (χ4n) is 3.20. The molecule has 0 unspecified atom stereocenters. The van der Waals surface area contributed by atoms with Gasteiger partial charge >= 0.3 is 0 Å². The van der Waals surface area contributed by atoms with Crippen molar-refractivity contribution in [3.8, 4) is 0 Å². The van der Waals surface area contributed by atoms with E-state index in [1.165, 1.54) is 4.31 Å². The molecule has 156 valence electrons. The maximum atomic E-state index is 12.9. The van der Waals surface area contributed by atoms with Crippen molar-refractivity contribution in [2.75, 3.05) is 18.4 Å². The van der Waals surface area contributed by atoms with E-state index in [1.807, 2.05) is 0 Å². The maximum absolute atomic E-state index is 12.9. The topological polar surface area (TPSA) is 66.5 Å². The molecule has 3 rings (SSSR count). The van der Waals surface area contributed by atoms with E-state index in [1.54, 1.807) is 36.4 Å². The van der Waals surface area contributed by atoms with Crippen LogP contribution in [0.1, 0.15) is 18.4 Å². The molecule has 2 aromatic rings. The SMILES string of the molecule is O=C(Nc1c(Cl)cccc1Cl)[C@@H]1CCCN(S(=O)(=O)Cc2c(Cl)cccc2Cl)C1.